The zero-order valence-corrected chi connectivity index (χ0v) is 9.05. The SMILES string of the molecule is NNS(=O)(=O)c1cccc(S(N)(=O)=O)c1. The van der Waals surface area contributed by atoms with Crippen molar-refractivity contribution in [3.8, 4) is 0 Å². The third-order valence-corrected chi connectivity index (χ3v) is 3.70. The van der Waals surface area contributed by atoms with Gasteiger partial charge in [-0.3, -0.25) is 5.84 Å². The van der Waals surface area contributed by atoms with E-state index in [4.69, 9.17) is 11.0 Å². The summed E-state index contributed by atoms with van der Waals surface area (Å²) in [5, 5.41) is 4.84. The van der Waals surface area contributed by atoms with Gasteiger partial charge in [0.15, 0.2) is 0 Å². The largest absolute Gasteiger partial charge is 0.257 e. The first kappa shape index (κ1) is 12.1. The maximum atomic E-state index is 11.2. The van der Waals surface area contributed by atoms with Gasteiger partial charge in [0, 0.05) is 0 Å². The van der Waals surface area contributed by atoms with E-state index >= 15 is 0 Å². The third-order valence-electron chi connectivity index (χ3n) is 1.60. The Kier molecular flexibility index (Phi) is 3.11. The second kappa shape index (κ2) is 3.87. The molecule has 0 aliphatic rings. The molecule has 0 aromatic heterocycles. The quantitative estimate of drug-likeness (QED) is 0.443. The van der Waals surface area contributed by atoms with Gasteiger partial charge in [-0.2, -0.15) is 4.83 Å². The van der Waals surface area contributed by atoms with E-state index in [1.54, 1.807) is 4.83 Å². The number of rotatable bonds is 3. The van der Waals surface area contributed by atoms with Crippen molar-refractivity contribution in [1.29, 1.82) is 0 Å². The summed E-state index contributed by atoms with van der Waals surface area (Å²) in [6.45, 7) is 0. The predicted molar refractivity (Wildman–Crippen MR) is 52.3 cm³/mol. The molecule has 0 heterocycles. The molecule has 0 aliphatic carbocycles. The minimum atomic E-state index is -3.93. The van der Waals surface area contributed by atoms with Crippen LogP contribution in [0.3, 0.4) is 0 Å². The summed E-state index contributed by atoms with van der Waals surface area (Å²) in [7, 11) is -7.80. The summed E-state index contributed by atoms with van der Waals surface area (Å²) in [5.74, 6) is 4.78. The van der Waals surface area contributed by atoms with E-state index in [1.165, 1.54) is 18.2 Å². The van der Waals surface area contributed by atoms with Gasteiger partial charge in [-0.25, -0.2) is 22.0 Å². The fraction of sp³-hybridized carbons (Fsp3) is 0. The van der Waals surface area contributed by atoms with E-state index < -0.39 is 20.0 Å². The zero-order chi connectivity index (χ0) is 11.7. The maximum Gasteiger partial charge on any atom is 0.253 e. The summed E-state index contributed by atoms with van der Waals surface area (Å²) in [6.07, 6.45) is 0. The highest BCUT2D eigenvalue weighted by Crippen LogP contribution is 2.13. The summed E-state index contributed by atoms with van der Waals surface area (Å²) in [6, 6.07) is 4.56. The average molecular weight is 251 g/mol. The van der Waals surface area contributed by atoms with Gasteiger partial charge < -0.3 is 0 Å². The highest BCUT2D eigenvalue weighted by molar-refractivity contribution is 7.90. The lowest BCUT2D eigenvalue weighted by Crippen LogP contribution is -2.30. The molecule has 0 unspecified atom stereocenters. The highest BCUT2D eigenvalue weighted by atomic mass is 32.2. The van der Waals surface area contributed by atoms with Crippen LogP contribution in [0.2, 0.25) is 0 Å². The molecule has 0 saturated carbocycles. The van der Waals surface area contributed by atoms with Crippen LogP contribution in [0.25, 0.3) is 0 Å². The number of nitrogens with one attached hydrogen (secondary N) is 1. The Labute approximate surface area is 87.2 Å². The van der Waals surface area contributed by atoms with Gasteiger partial charge >= 0.3 is 0 Å². The summed E-state index contributed by atoms with van der Waals surface area (Å²) in [4.78, 5) is 1.01. The van der Waals surface area contributed by atoms with Crippen LogP contribution < -0.4 is 15.8 Å². The van der Waals surface area contributed by atoms with Crippen molar-refractivity contribution in [2.24, 2.45) is 11.0 Å². The number of sulfonamides is 2. The van der Waals surface area contributed by atoms with Crippen molar-refractivity contribution in [1.82, 2.24) is 4.83 Å². The molecule has 84 valence electrons. The van der Waals surface area contributed by atoms with Crippen LogP contribution in [-0.4, -0.2) is 16.8 Å². The van der Waals surface area contributed by atoms with E-state index in [0.717, 1.165) is 6.07 Å². The maximum absolute atomic E-state index is 11.2. The lowest BCUT2D eigenvalue weighted by Gasteiger charge is -2.03. The van der Waals surface area contributed by atoms with Crippen LogP contribution in [0, 0.1) is 0 Å². The Morgan fingerprint density at radius 2 is 1.60 bits per heavy atom. The first-order chi connectivity index (χ1) is 6.77. The molecule has 0 radical (unpaired) electrons. The summed E-state index contributed by atoms with van der Waals surface area (Å²) >= 11 is 0. The van der Waals surface area contributed by atoms with E-state index in [2.05, 4.69) is 0 Å². The molecule has 15 heavy (non-hydrogen) atoms. The fourth-order valence-corrected chi connectivity index (χ4v) is 2.20. The number of hydrogen-bond donors (Lipinski definition) is 3. The van der Waals surface area contributed by atoms with Crippen LogP contribution in [0.1, 0.15) is 0 Å². The molecule has 5 N–H and O–H groups in total. The predicted octanol–water partition coefficient (Wildman–Crippen LogP) is -1.51. The minimum Gasteiger partial charge on any atom is -0.257 e. The number of benzene rings is 1. The van der Waals surface area contributed by atoms with Gasteiger partial charge in [-0.15, -0.1) is 0 Å². The number of nitrogens with two attached hydrogens (primary N) is 2. The molecule has 0 saturated heterocycles. The molecule has 0 fully saturated rings. The van der Waals surface area contributed by atoms with E-state index in [1.807, 2.05) is 0 Å². The van der Waals surface area contributed by atoms with Crippen LogP contribution in [0.4, 0.5) is 0 Å². The molecule has 7 nitrogen and oxygen atoms in total. The Morgan fingerprint density at radius 3 is 2.07 bits per heavy atom. The molecule has 9 heteroatoms. The molecular weight excluding hydrogens is 242 g/mol. The molecule has 0 amide bonds. The van der Waals surface area contributed by atoms with Gasteiger partial charge in [0.1, 0.15) is 0 Å². The van der Waals surface area contributed by atoms with Crippen LogP contribution in [-0.2, 0) is 20.0 Å². The molecule has 1 aromatic carbocycles. The van der Waals surface area contributed by atoms with Crippen LogP contribution >= 0.6 is 0 Å². The molecule has 1 aromatic rings. The molecule has 1 rings (SSSR count). The first-order valence-electron chi connectivity index (χ1n) is 3.62. The van der Waals surface area contributed by atoms with Crippen LogP contribution in [0.5, 0.6) is 0 Å². The van der Waals surface area contributed by atoms with Crippen molar-refractivity contribution in [2.75, 3.05) is 0 Å². The lowest BCUT2D eigenvalue weighted by atomic mass is 10.4. The van der Waals surface area contributed by atoms with Crippen molar-refractivity contribution in [3.63, 3.8) is 0 Å². The highest BCUT2D eigenvalue weighted by Gasteiger charge is 2.15. The van der Waals surface area contributed by atoms with Gasteiger partial charge in [-0.05, 0) is 18.2 Å². The fourth-order valence-electron chi connectivity index (χ4n) is 0.886. The van der Waals surface area contributed by atoms with E-state index in [-0.39, 0.29) is 9.79 Å². The zero-order valence-electron chi connectivity index (χ0n) is 7.41. The third kappa shape index (κ3) is 2.73. The molecule has 0 spiro atoms. The second-order valence-electron chi connectivity index (χ2n) is 2.64. The van der Waals surface area contributed by atoms with Crippen molar-refractivity contribution in [2.45, 2.75) is 9.79 Å². The second-order valence-corrected chi connectivity index (χ2v) is 5.92. The van der Waals surface area contributed by atoms with E-state index in [0.29, 0.717) is 0 Å². The minimum absolute atomic E-state index is 0.267. The number of primary sulfonamides is 1. The molecule has 0 bridgehead atoms. The summed E-state index contributed by atoms with van der Waals surface area (Å²) < 4.78 is 44.3. The Hall–Kier alpha value is -1.00. The Bertz CT molecular complexity index is 564. The van der Waals surface area contributed by atoms with Crippen LogP contribution in [0.15, 0.2) is 34.1 Å². The van der Waals surface area contributed by atoms with Gasteiger partial charge in [0.2, 0.25) is 10.0 Å². The van der Waals surface area contributed by atoms with Crippen molar-refractivity contribution >= 4 is 20.0 Å². The lowest BCUT2D eigenvalue weighted by molar-refractivity contribution is 0.583. The number of hydrazine groups is 1. The number of hydrogen-bond acceptors (Lipinski definition) is 5. The molecule has 0 aliphatic heterocycles. The Morgan fingerprint density at radius 1 is 1.07 bits per heavy atom. The smallest absolute Gasteiger partial charge is 0.253 e. The average Bonchev–Trinajstić information content (AvgIpc) is 2.17. The topological polar surface area (TPSA) is 132 Å². The van der Waals surface area contributed by atoms with Crippen molar-refractivity contribution < 1.29 is 16.8 Å². The normalized spacial score (nSPS) is 12.7. The summed E-state index contributed by atoms with van der Waals surface area (Å²) in [5.41, 5.74) is 0. The van der Waals surface area contributed by atoms with Gasteiger partial charge in [0.05, 0.1) is 9.79 Å². The van der Waals surface area contributed by atoms with E-state index in [9.17, 15) is 16.8 Å². The van der Waals surface area contributed by atoms with Gasteiger partial charge in [-0.1, -0.05) is 6.07 Å². The monoisotopic (exact) mass is 251 g/mol. The Balaban J connectivity index is 3.39. The van der Waals surface area contributed by atoms with Gasteiger partial charge in [0.25, 0.3) is 10.0 Å². The molecular formula is C6H9N3O4S2. The molecule has 0 atom stereocenters. The standard InChI is InChI=1S/C6H9N3O4S2/c7-9-15(12,13)6-3-1-2-5(4-6)14(8,10)11/h1-4,9H,7H2,(H2,8,10,11). The van der Waals surface area contributed by atoms with Crippen molar-refractivity contribution in [3.05, 3.63) is 24.3 Å². The first-order valence-corrected chi connectivity index (χ1v) is 6.65.